The second-order valence-electron chi connectivity index (χ2n) is 5.09. The van der Waals surface area contributed by atoms with E-state index in [9.17, 15) is 0 Å². The SMILES string of the molecule is CC(C)(C)c1cnc(CSc2ccc(N)cn2)o1. The second kappa shape index (κ2) is 5.02. The zero-order valence-corrected chi connectivity index (χ0v) is 11.6. The zero-order chi connectivity index (χ0) is 13.2. The standard InChI is InChI=1S/C13H17N3OS/c1-13(2,3)10-7-15-11(17-10)8-18-12-5-4-9(14)6-16-12/h4-7H,8,14H2,1-3H3. The molecule has 0 fully saturated rings. The number of nitrogen functional groups attached to an aromatic ring is 1. The Labute approximate surface area is 111 Å². The minimum absolute atomic E-state index is 0.00460. The summed E-state index contributed by atoms with van der Waals surface area (Å²) in [6.07, 6.45) is 3.45. The number of hydrogen-bond acceptors (Lipinski definition) is 5. The molecule has 0 spiro atoms. The number of rotatable bonds is 3. The largest absolute Gasteiger partial charge is 0.444 e. The average Bonchev–Trinajstić information content (AvgIpc) is 2.77. The summed E-state index contributed by atoms with van der Waals surface area (Å²) in [7, 11) is 0. The quantitative estimate of drug-likeness (QED) is 0.861. The lowest BCUT2D eigenvalue weighted by molar-refractivity contribution is 0.391. The van der Waals surface area contributed by atoms with Gasteiger partial charge in [-0.05, 0) is 12.1 Å². The summed E-state index contributed by atoms with van der Waals surface area (Å²) in [5.41, 5.74) is 6.25. The molecule has 2 rings (SSSR count). The van der Waals surface area contributed by atoms with Gasteiger partial charge in [0, 0.05) is 5.41 Å². The number of thioether (sulfide) groups is 1. The number of aromatic nitrogens is 2. The third-order valence-corrected chi connectivity index (χ3v) is 3.32. The van der Waals surface area contributed by atoms with Gasteiger partial charge < -0.3 is 10.2 Å². The van der Waals surface area contributed by atoms with Crippen molar-refractivity contribution in [2.45, 2.75) is 37.0 Å². The fraction of sp³-hybridized carbons (Fsp3) is 0.385. The lowest BCUT2D eigenvalue weighted by Gasteiger charge is -2.12. The first-order chi connectivity index (χ1) is 8.45. The highest BCUT2D eigenvalue weighted by molar-refractivity contribution is 7.98. The van der Waals surface area contributed by atoms with Crippen LogP contribution in [-0.2, 0) is 11.2 Å². The first-order valence-electron chi connectivity index (χ1n) is 5.74. The van der Waals surface area contributed by atoms with Crippen LogP contribution in [0.2, 0.25) is 0 Å². The van der Waals surface area contributed by atoms with E-state index in [-0.39, 0.29) is 5.41 Å². The molecule has 5 heteroatoms. The molecule has 0 saturated heterocycles. The highest BCUT2D eigenvalue weighted by Crippen LogP contribution is 2.26. The van der Waals surface area contributed by atoms with Gasteiger partial charge in [-0.25, -0.2) is 9.97 Å². The van der Waals surface area contributed by atoms with Crippen molar-refractivity contribution in [3.05, 3.63) is 36.2 Å². The predicted octanol–water partition coefficient (Wildman–Crippen LogP) is 3.24. The van der Waals surface area contributed by atoms with Gasteiger partial charge in [-0.1, -0.05) is 32.5 Å². The van der Waals surface area contributed by atoms with Crippen LogP contribution in [0.15, 0.2) is 34.0 Å². The van der Waals surface area contributed by atoms with Crippen LogP contribution in [0.5, 0.6) is 0 Å². The highest BCUT2D eigenvalue weighted by Gasteiger charge is 2.19. The Bertz CT molecular complexity index is 514. The summed E-state index contributed by atoms with van der Waals surface area (Å²) in [6.45, 7) is 6.31. The fourth-order valence-electron chi connectivity index (χ4n) is 1.34. The van der Waals surface area contributed by atoms with Gasteiger partial charge in [0.25, 0.3) is 0 Å². The Balaban J connectivity index is 1.98. The lowest BCUT2D eigenvalue weighted by atomic mass is 9.94. The van der Waals surface area contributed by atoms with Crippen LogP contribution in [0, 0.1) is 0 Å². The van der Waals surface area contributed by atoms with Gasteiger partial charge in [-0.3, -0.25) is 0 Å². The van der Waals surface area contributed by atoms with E-state index in [0.29, 0.717) is 11.4 Å². The smallest absolute Gasteiger partial charge is 0.204 e. The Hall–Kier alpha value is -1.49. The molecule has 0 aliphatic heterocycles. The summed E-state index contributed by atoms with van der Waals surface area (Å²) in [5, 5.41) is 0.916. The lowest BCUT2D eigenvalue weighted by Crippen LogP contribution is -2.09. The van der Waals surface area contributed by atoms with Crippen LogP contribution in [0.4, 0.5) is 5.69 Å². The first-order valence-corrected chi connectivity index (χ1v) is 6.73. The molecular formula is C13H17N3OS. The summed E-state index contributed by atoms with van der Waals surface area (Å²) in [5.74, 6) is 2.31. The van der Waals surface area contributed by atoms with Gasteiger partial charge >= 0.3 is 0 Å². The monoisotopic (exact) mass is 263 g/mol. The van der Waals surface area contributed by atoms with Crippen LogP contribution in [0.1, 0.15) is 32.4 Å². The molecule has 0 bridgehead atoms. The topological polar surface area (TPSA) is 64.9 Å². The van der Waals surface area contributed by atoms with Crippen LogP contribution < -0.4 is 5.73 Å². The minimum Gasteiger partial charge on any atom is -0.444 e. The summed E-state index contributed by atoms with van der Waals surface area (Å²) < 4.78 is 5.71. The molecule has 0 amide bonds. The number of nitrogens with two attached hydrogens (primary N) is 1. The molecule has 2 aromatic rings. The molecule has 0 aliphatic rings. The van der Waals surface area contributed by atoms with E-state index < -0.39 is 0 Å². The predicted molar refractivity (Wildman–Crippen MR) is 73.4 cm³/mol. The van der Waals surface area contributed by atoms with E-state index in [1.807, 2.05) is 12.1 Å². The molecule has 0 radical (unpaired) electrons. The second-order valence-corrected chi connectivity index (χ2v) is 6.08. The molecule has 2 N–H and O–H groups in total. The Kier molecular flexibility index (Phi) is 3.61. The van der Waals surface area contributed by atoms with Gasteiger partial charge in [0.2, 0.25) is 5.89 Å². The van der Waals surface area contributed by atoms with Crippen molar-refractivity contribution in [2.75, 3.05) is 5.73 Å². The van der Waals surface area contributed by atoms with E-state index in [0.717, 1.165) is 16.7 Å². The van der Waals surface area contributed by atoms with Gasteiger partial charge in [-0.15, -0.1) is 0 Å². The molecule has 2 heterocycles. The minimum atomic E-state index is -0.00460. The molecule has 0 unspecified atom stereocenters. The van der Waals surface area contributed by atoms with E-state index in [4.69, 9.17) is 10.2 Å². The maximum Gasteiger partial charge on any atom is 0.204 e. The van der Waals surface area contributed by atoms with Crippen molar-refractivity contribution in [1.82, 2.24) is 9.97 Å². The van der Waals surface area contributed by atoms with Gasteiger partial charge in [-0.2, -0.15) is 0 Å². The van der Waals surface area contributed by atoms with E-state index >= 15 is 0 Å². The van der Waals surface area contributed by atoms with Crippen molar-refractivity contribution < 1.29 is 4.42 Å². The van der Waals surface area contributed by atoms with Crippen molar-refractivity contribution >= 4 is 17.4 Å². The Morgan fingerprint density at radius 2 is 2.00 bits per heavy atom. The van der Waals surface area contributed by atoms with E-state index in [2.05, 4.69) is 30.7 Å². The molecule has 2 aromatic heterocycles. The molecule has 4 nitrogen and oxygen atoms in total. The van der Waals surface area contributed by atoms with Crippen molar-refractivity contribution in [3.8, 4) is 0 Å². The number of nitrogens with zero attached hydrogens (tertiary/aromatic N) is 2. The highest BCUT2D eigenvalue weighted by atomic mass is 32.2. The normalized spacial score (nSPS) is 11.7. The molecule has 18 heavy (non-hydrogen) atoms. The van der Waals surface area contributed by atoms with Gasteiger partial charge in [0.15, 0.2) is 0 Å². The van der Waals surface area contributed by atoms with Crippen LogP contribution in [0.25, 0.3) is 0 Å². The molecule has 0 atom stereocenters. The zero-order valence-electron chi connectivity index (χ0n) is 10.8. The molecule has 0 aliphatic carbocycles. The molecule has 0 aromatic carbocycles. The Morgan fingerprint density at radius 1 is 1.22 bits per heavy atom. The van der Waals surface area contributed by atoms with Gasteiger partial charge in [0.05, 0.1) is 28.9 Å². The third-order valence-electron chi connectivity index (χ3n) is 2.40. The number of hydrogen-bond donors (Lipinski definition) is 1. The molecule has 96 valence electrons. The summed E-state index contributed by atoms with van der Waals surface area (Å²) in [6, 6.07) is 3.74. The summed E-state index contributed by atoms with van der Waals surface area (Å²) in [4.78, 5) is 8.49. The Morgan fingerprint density at radius 3 is 2.56 bits per heavy atom. The van der Waals surface area contributed by atoms with E-state index in [1.54, 1.807) is 24.2 Å². The average molecular weight is 263 g/mol. The molecule has 0 saturated carbocycles. The number of pyridine rings is 1. The number of anilines is 1. The number of oxazole rings is 1. The van der Waals surface area contributed by atoms with Gasteiger partial charge in [0.1, 0.15) is 5.76 Å². The maximum absolute atomic E-state index is 5.71. The molecular weight excluding hydrogens is 246 g/mol. The third kappa shape index (κ3) is 3.26. The van der Waals surface area contributed by atoms with Crippen molar-refractivity contribution in [3.63, 3.8) is 0 Å². The summed E-state index contributed by atoms with van der Waals surface area (Å²) >= 11 is 1.58. The maximum atomic E-state index is 5.71. The van der Waals surface area contributed by atoms with Crippen LogP contribution >= 0.6 is 11.8 Å². The fourth-order valence-corrected chi connectivity index (χ4v) is 2.03. The van der Waals surface area contributed by atoms with Crippen LogP contribution in [0.3, 0.4) is 0 Å². The van der Waals surface area contributed by atoms with E-state index in [1.165, 1.54) is 0 Å². The van der Waals surface area contributed by atoms with Crippen molar-refractivity contribution in [1.29, 1.82) is 0 Å². The first kappa shape index (κ1) is 13.0. The van der Waals surface area contributed by atoms with Crippen molar-refractivity contribution in [2.24, 2.45) is 0 Å². The van der Waals surface area contributed by atoms with Crippen LogP contribution in [-0.4, -0.2) is 9.97 Å².